The molecule has 3 rings (SSSR count). The molecular weight excluding hydrogens is 237 g/mol. The van der Waals surface area contributed by atoms with Crippen LogP contribution in [0.2, 0.25) is 0 Å². The Morgan fingerprint density at radius 1 is 1.61 bits per heavy atom. The van der Waals surface area contributed by atoms with Gasteiger partial charge in [-0.3, -0.25) is 4.79 Å². The minimum absolute atomic E-state index is 0.307. The van der Waals surface area contributed by atoms with Crippen LogP contribution in [-0.4, -0.2) is 39.8 Å². The van der Waals surface area contributed by atoms with Crippen molar-refractivity contribution in [2.24, 2.45) is 0 Å². The van der Waals surface area contributed by atoms with E-state index in [1.807, 2.05) is 0 Å². The van der Waals surface area contributed by atoms with E-state index in [4.69, 9.17) is 0 Å². The molecule has 1 saturated carbocycles. The Balaban J connectivity index is 1.94. The van der Waals surface area contributed by atoms with Crippen LogP contribution in [0.25, 0.3) is 5.65 Å². The molecule has 6 nitrogen and oxygen atoms in total. The quantitative estimate of drug-likeness (QED) is 0.836. The van der Waals surface area contributed by atoms with Crippen LogP contribution in [0.4, 0.5) is 10.1 Å². The van der Waals surface area contributed by atoms with E-state index in [0.29, 0.717) is 17.8 Å². The fraction of sp³-hybridized carbons (Fsp3) is 0.364. The first-order valence-electron chi connectivity index (χ1n) is 5.66. The minimum atomic E-state index is -0.922. The number of hydrogen-bond donors (Lipinski definition) is 2. The van der Waals surface area contributed by atoms with Gasteiger partial charge in [-0.15, -0.1) is 0 Å². The molecule has 0 unspecified atom stereocenters. The number of alkyl halides is 1. The van der Waals surface area contributed by atoms with Crippen molar-refractivity contribution in [2.75, 3.05) is 12.4 Å². The van der Waals surface area contributed by atoms with Crippen molar-refractivity contribution in [3.05, 3.63) is 24.2 Å². The van der Waals surface area contributed by atoms with E-state index >= 15 is 0 Å². The van der Waals surface area contributed by atoms with Gasteiger partial charge in [-0.25, -0.2) is 13.9 Å². The number of hydrogen-bond acceptors (Lipinski definition) is 4. The highest BCUT2D eigenvalue weighted by atomic mass is 19.1. The summed E-state index contributed by atoms with van der Waals surface area (Å²) in [6.07, 6.45) is 2.48. The monoisotopic (exact) mass is 249 g/mol. The summed E-state index contributed by atoms with van der Waals surface area (Å²) in [5, 5.41) is 9.64. The fourth-order valence-electron chi connectivity index (χ4n) is 1.80. The van der Waals surface area contributed by atoms with E-state index in [-0.39, 0.29) is 11.9 Å². The third-order valence-corrected chi connectivity index (χ3v) is 2.93. The van der Waals surface area contributed by atoms with Crippen LogP contribution in [0.5, 0.6) is 0 Å². The number of fused-ring (bicyclic) bond motifs is 1. The maximum Gasteiger partial charge on any atom is 0.271 e. The number of rotatable bonds is 3. The van der Waals surface area contributed by atoms with Crippen molar-refractivity contribution in [1.29, 1.82) is 0 Å². The summed E-state index contributed by atoms with van der Waals surface area (Å²) in [5.74, 6) is -0.353. The molecule has 1 fully saturated rings. The number of halogens is 1. The minimum Gasteiger partial charge on any atom is -0.385 e. The first-order chi connectivity index (χ1) is 8.70. The standard InChI is InChI=1S/C11H12FN5O/c1-13-7-2-3-15-17-9(5-14-10(7)17)11(18)16-8-4-6(8)12/h2-3,5-6,8,13H,4H2,1H3,(H,16,18)/t6-,8+/m0/s1. The lowest BCUT2D eigenvalue weighted by Crippen LogP contribution is -2.28. The zero-order valence-corrected chi connectivity index (χ0v) is 9.72. The van der Waals surface area contributed by atoms with Gasteiger partial charge in [0.05, 0.1) is 24.1 Å². The number of carbonyl (C=O) groups is 1. The predicted octanol–water partition coefficient (Wildman–Crippen LogP) is 0.611. The molecule has 0 aliphatic heterocycles. The summed E-state index contributed by atoms with van der Waals surface area (Å²) in [4.78, 5) is 16.1. The SMILES string of the molecule is CNc1ccnn2c(C(=O)N[C@@H]3C[C@@H]3F)cnc12. The number of nitrogens with one attached hydrogen (secondary N) is 2. The first-order valence-corrected chi connectivity index (χ1v) is 5.66. The van der Waals surface area contributed by atoms with Crippen LogP contribution in [0.3, 0.4) is 0 Å². The van der Waals surface area contributed by atoms with Crippen LogP contribution in [-0.2, 0) is 0 Å². The van der Waals surface area contributed by atoms with E-state index < -0.39 is 6.17 Å². The molecule has 2 heterocycles. The Bertz CT molecular complexity index is 610. The van der Waals surface area contributed by atoms with Gasteiger partial charge in [0.1, 0.15) is 6.17 Å². The normalized spacial score (nSPS) is 21.9. The van der Waals surface area contributed by atoms with Crippen LogP contribution in [0, 0.1) is 0 Å². The maximum absolute atomic E-state index is 12.7. The topological polar surface area (TPSA) is 71.3 Å². The van der Waals surface area contributed by atoms with Crippen LogP contribution in [0.15, 0.2) is 18.5 Å². The second kappa shape index (κ2) is 3.94. The second-order valence-corrected chi connectivity index (χ2v) is 4.21. The average Bonchev–Trinajstić information content (AvgIpc) is 2.91. The molecule has 2 N–H and O–H groups in total. The number of imidazole rings is 1. The maximum atomic E-state index is 12.7. The smallest absolute Gasteiger partial charge is 0.271 e. The lowest BCUT2D eigenvalue weighted by molar-refractivity contribution is 0.0940. The number of amides is 1. The number of carbonyl (C=O) groups excluding carboxylic acids is 1. The Hall–Kier alpha value is -2.18. The molecule has 1 amide bonds. The molecule has 94 valence electrons. The van der Waals surface area contributed by atoms with Crippen molar-refractivity contribution < 1.29 is 9.18 Å². The molecule has 18 heavy (non-hydrogen) atoms. The van der Waals surface area contributed by atoms with Crippen molar-refractivity contribution in [2.45, 2.75) is 18.6 Å². The zero-order chi connectivity index (χ0) is 12.7. The lowest BCUT2D eigenvalue weighted by Gasteiger charge is -2.04. The fourth-order valence-corrected chi connectivity index (χ4v) is 1.80. The van der Waals surface area contributed by atoms with E-state index in [9.17, 15) is 9.18 Å². The van der Waals surface area contributed by atoms with Gasteiger partial charge >= 0.3 is 0 Å². The first kappa shape index (κ1) is 10.9. The summed E-state index contributed by atoms with van der Waals surface area (Å²) in [5.41, 5.74) is 1.65. The van der Waals surface area contributed by atoms with Gasteiger partial charge < -0.3 is 10.6 Å². The molecule has 2 atom stereocenters. The Kier molecular flexibility index (Phi) is 2.39. The molecule has 1 aliphatic rings. The molecule has 0 bridgehead atoms. The van der Waals surface area contributed by atoms with E-state index in [2.05, 4.69) is 20.7 Å². The Morgan fingerprint density at radius 3 is 3.06 bits per heavy atom. The molecule has 0 radical (unpaired) electrons. The number of anilines is 1. The summed E-state index contributed by atoms with van der Waals surface area (Å²) >= 11 is 0. The Morgan fingerprint density at radius 2 is 2.39 bits per heavy atom. The lowest BCUT2D eigenvalue weighted by atomic mass is 10.4. The summed E-state index contributed by atoms with van der Waals surface area (Å²) in [6, 6.07) is 1.40. The summed E-state index contributed by atoms with van der Waals surface area (Å²) < 4.78 is 14.2. The van der Waals surface area contributed by atoms with Gasteiger partial charge in [-0.05, 0) is 6.07 Å². The van der Waals surface area contributed by atoms with Crippen molar-refractivity contribution in [1.82, 2.24) is 19.9 Å². The van der Waals surface area contributed by atoms with Gasteiger partial charge in [-0.1, -0.05) is 0 Å². The highest BCUT2D eigenvalue weighted by molar-refractivity contribution is 5.94. The molecule has 0 saturated heterocycles. The van der Waals surface area contributed by atoms with Crippen LogP contribution in [0.1, 0.15) is 16.9 Å². The highest BCUT2D eigenvalue weighted by Gasteiger charge is 2.39. The molecule has 7 heteroatoms. The van der Waals surface area contributed by atoms with Crippen LogP contribution >= 0.6 is 0 Å². The molecule has 2 aromatic heterocycles. The molecular formula is C11H12FN5O. The second-order valence-electron chi connectivity index (χ2n) is 4.21. The largest absolute Gasteiger partial charge is 0.385 e. The van der Waals surface area contributed by atoms with Crippen molar-refractivity contribution >= 4 is 17.2 Å². The molecule has 0 spiro atoms. The summed E-state index contributed by atoms with van der Waals surface area (Å²) in [6.45, 7) is 0. The third kappa shape index (κ3) is 1.68. The van der Waals surface area contributed by atoms with Gasteiger partial charge in [0.25, 0.3) is 5.91 Å². The molecule has 0 aromatic carbocycles. The zero-order valence-electron chi connectivity index (χ0n) is 9.72. The van der Waals surface area contributed by atoms with Crippen molar-refractivity contribution in [3.63, 3.8) is 0 Å². The van der Waals surface area contributed by atoms with Gasteiger partial charge in [0.15, 0.2) is 11.3 Å². The summed E-state index contributed by atoms with van der Waals surface area (Å²) in [7, 11) is 1.77. The highest BCUT2D eigenvalue weighted by Crippen LogP contribution is 2.25. The van der Waals surface area contributed by atoms with E-state index in [0.717, 1.165) is 5.69 Å². The molecule has 1 aliphatic carbocycles. The van der Waals surface area contributed by atoms with Crippen molar-refractivity contribution in [3.8, 4) is 0 Å². The van der Waals surface area contributed by atoms with Crippen LogP contribution < -0.4 is 10.6 Å². The van der Waals surface area contributed by atoms with Gasteiger partial charge in [0.2, 0.25) is 0 Å². The van der Waals surface area contributed by atoms with E-state index in [1.54, 1.807) is 19.3 Å². The predicted molar refractivity (Wildman–Crippen MR) is 63.3 cm³/mol. The third-order valence-electron chi connectivity index (χ3n) is 2.93. The number of aromatic nitrogens is 3. The molecule has 2 aromatic rings. The number of nitrogens with zero attached hydrogens (tertiary/aromatic N) is 3. The van der Waals surface area contributed by atoms with E-state index in [1.165, 1.54) is 10.7 Å². The Labute approximate surface area is 102 Å². The van der Waals surface area contributed by atoms with Gasteiger partial charge in [-0.2, -0.15) is 5.10 Å². The average molecular weight is 249 g/mol. The van der Waals surface area contributed by atoms with Gasteiger partial charge in [0, 0.05) is 13.5 Å².